The average molecular weight is 242 g/mol. The lowest BCUT2D eigenvalue weighted by atomic mass is 10.1. The van der Waals surface area contributed by atoms with Crippen molar-refractivity contribution in [1.82, 2.24) is 9.55 Å². The zero-order chi connectivity index (χ0) is 12.5. The van der Waals surface area contributed by atoms with Gasteiger partial charge in [0.15, 0.2) is 0 Å². The predicted molar refractivity (Wildman–Crippen MR) is 65.4 cm³/mol. The molecule has 4 nitrogen and oxygen atoms in total. The molecule has 5 heteroatoms. The van der Waals surface area contributed by atoms with Crippen molar-refractivity contribution in [1.29, 1.82) is 5.26 Å². The summed E-state index contributed by atoms with van der Waals surface area (Å²) in [5.41, 5.74) is 1.90. The molecule has 0 bridgehead atoms. The number of aromatic nitrogens is 2. The van der Waals surface area contributed by atoms with E-state index >= 15 is 0 Å². The molecule has 18 heavy (non-hydrogen) atoms. The lowest BCUT2D eigenvalue weighted by Crippen LogP contribution is -2.18. The smallest absolute Gasteiger partial charge is 0.204 e. The molecule has 0 spiro atoms. The van der Waals surface area contributed by atoms with E-state index in [1.165, 1.54) is 12.1 Å². The van der Waals surface area contributed by atoms with Crippen LogP contribution in [-0.4, -0.2) is 16.1 Å². The summed E-state index contributed by atoms with van der Waals surface area (Å²) in [6, 6.07) is 8.22. The van der Waals surface area contributed by atoms with Gasteiger partial charge in [-0.25, -0.2) is 9.37 Å². The average Bonchev–Trinajstić information content (AvgIpc) is 2.78. The molecular weight excluding hydrogens is 231 g/mol. The number of nitriles is 1. The highest BCUT2D eigenvalue weighted by atomic mass is 19.1. The van der Waals surface area contributed by atoms with Crippen molar-refractivity contribution in [3.63, 3.8) is 0 Å². The van der Waals surface area contributed by atoms with E-state index in [1.807, 2.05) is 4.57 Å². The van der Waals surface area contributed by atoms with Gasteiger partial charge in [0.2, 0.25) is 5.95 Å². The topological polar surface area (TPSA) is 53.6 Å². The van der Waals surface area contributed by atoms with Crippen LogP contribution in [0, 0.1) is 17.1 Å². The summed E-state index contributed by atoms with van der Waals surface area (Å²) in [7, 11) is 0. The number of nitrogens with one attached hydrogen (secondary N) is 1. The molecule has 3 rings (SSSR count). The predicted octanol–water partition coefficient (Wildman–Crippen LogP) is 2.38. The highest BCUT2D eigenvalue weighted by molar-refractivity contribution is 5.68. The summed E-state index contributed by atoms with van der Waals surface area (Å²) in [5.74, 6) is 0.427. The fraction of sp³-hybridized carbons (Fsp3) is 0.231. The molecule has 0 atom stereocenters. The molecule has 90 valence electrons. The Hall–Kier alpha value is -2.35. The highest BCUT2D eigenvalue weighted by Crippen LogP contribution is 2.27. The summed E-state index contributed by atoms with van der Waals surface area (Å²) in [5, 5.41) is 12.4. The van der Waals surface area contributed by atoms with E-state index in [0.717, 1.165) is 31.0 Å². The van der Waals surface area contributed by atoms with Crippen LogP contribution in [0.2, 0.25) is 0 Å². The van der Waals surface area contributed by atoms with Crippen molar-refractivity contribution in [2.45, 2.75) is 13.0 Å². The minimum Gasteiger partial charge on any atom is -0.356 e. The van der Waals surface area contributed by atoms with Gasteiger partial charge in [-0.05, 0) is 30.7 Å². The van der Waals surface area contributed by atoms with Crippen LogP contribution in [0.1, 0.15) is 12.1 Å². The Morgan fingerprint density at radius 1 is 1.33 bits per heavy atom. The second kappa shape index (κ2) is 4.15. The van der Waals surface area contributed by atoms with Gasteiger partial charge in [0.05, 0.1) is 0 Å². The largest absolute Gasteiger partial charge is 0.356 e. The fourth-order valence-electron chi connectivity index (χ4n) is 2.17. The molecular formula is C13H11FN4. The Morgan fingerprint density at radius 2 is 2.11 bits per heavy atom. The molecule has 1 aliphatic heterocycles. The van der Waals surface area contributed by atoms with Crippen LogP contribution in [0.4, 0.5) is 10.3 Å². The van der Waals surface area contributed by atoms with Crippen molar-refractivity contribution in [2.75, 3.05) is 11.9 Å². The van der Waals surface area contributed by atoms with Crippen molar-refractivity contribution in [2.24, 2.45) is 0 Å². The number of imidazole rings is 1. The first kappa shape index (κ1) is 10.8. The van der Waals surface area contributed by atoms with Gasteiger partial charge >= 0.3 is 0 Å². The van der Waals surface area contributed by atoms with Crippen LogP contribution < -0.4 is 5.32 Å². The molecule has 2 heterocycles. The molecule has 0 amide bonds. The second-order valence-electron chi connectivity index (χ2n) is 4.18. The highest BCUT2D eigenvalue weighted by Gasteiger charge is 2.20. The fourth-order valence-corrected chi connectivity index (χ4v) is 2.17. The molecule has 1 aromatic heterocycles. The zero-order valence-electron chi connectivity index (χ0n) is 9.65. The molecule has 0 saturated heterocycles. The lowest BCUT2D eigenvalue weighted by Gasteiger charge is -2.15. The first-order valence-corrected chi connectivity index (χ1v) is 5.80. The molecule has 2 aromatic rings. The summed E-state index contributed by atoms with van der Waals surface area (Å²) >= 11 is 0. The SMILES string of the molecule is N#Cc1c(-c2ccc(F)cc2)nc2n1CCCN2. The summed E-state index contributed by atoms with van der Waals surface area (Å²) in [6.07, 6.45) is 0.973. The number of hydrogen-bond acceptors (Lipinski definition) is 3. The molecule has 0 radical (unpaired) electrons. The standard InChI is InChI=1S/C13H11FN4/c14-10-4-2-9(3-5-10)12-11(8-15)18-7-1-6-16-13(18)17-12/h2-5H,1,6-7H2,(H,16,17). The molecule has 0 unspecified atom stereocenters. The van der Waals surface area contributed by atoms with E-state index in [2.05, 4.69) is 16.4 Å². The lowest BCUT2D eigenvalue weighted by molar-refractivity contribution is 0.622. The molecule has 0 saturated carbocycles. The number of anilines is 1. The number of benzene rings is 1. The van der Waals surface area contributed by atoms with E-state index in [0.29, 0.717) is 11.4 Å². The van der Waals surface area contributed by atoms with Gasteiger partial charge in [0.25, 0.3) is 0 Å². The van der Waals surface area contributed by atoms with E-state index in [-0.39, 0.29) is 5.82 Å². The zero-order valence-corrected chi connectivity index (χ0v) is 9.65. The van der Waals surface area contributed by atoms with Gasteiger partial charge in [-0.15, -0.1) is 0 Å². The van der Waals surface area contributed by atoms with E-state index in [4.69, 9.17) is 0 Å². The van der Waals surface area contributed by atoms with Crippen molar-refractivity contribution in [3.8, 4) is 17.3 Å². The Labute approximate surface area is 104 Å². The number of fused-ring (bicyclic) bond motifs is 1. The summed E-state index contributed by atoms with van der Waals surface area (Å²) < 4.78 is 14.8. The van der Waals surface area contributed by atoms with Crippen molar-refractivity contribution < 1.29 is 4.39 Å². The number of halogens is 1. The van der Waals surface area contributed by atoms with Crippen LogP contribution in [0.15, 0.2) is 24.3 Å². The Balaban J connectivity index is 2.15. The molecule has 1 aromatic carbocycles. The minimum absolute atomic E-state index is 0.292. The van der Waals surface area contributed by atoms with Crippen LogP contribution in [0.3, 0.4) is 0 Å². The monoisotopic (exact) mass is 242 g/mol. The minimum atomic E-state index is -0.292. The van der Waals surface area contributed by atoms with E-state index < -0.39 is 0 Å². The number of hydrogen-bond donors (Lipinski definition) is 1. The van der Waals surface area contributed by atoms with Crippen molar-refractivity contribution >= 4 is 5.95 Å². The molecule has 1 N–H and O–H groups in total. The van der Waals surface area contributed by atoms with Gasteiger partial charge < -0.3 is 9.88 Å². The second-order valence-corrected chi connectivity index (χ2v) is 4.18. The van der Waals surface area contributed by atoms with E-state index in [1.54, 1.807) is 12.1 Å². The first-order chi connectivity index (χ1) is 8.79. The Kier molecular flexibility index (Phi) is 2.49. The van der Waals surface area contributed by atoms with Gasteiger partial charge in [-0.3, -0.25) is 0 Å². The van der Waals surface area contributed by atoms with Gasteiger partial charge in [0.1, 0.15) is 23.3 Å². The van der Waals surface area contributed by atoms with Crippen LogP contribution in [0.25, 0.3) is 11.3 Å². The van der Waals surface area contributed by atoms with E-state index in [9.17, 15) is 9.65 Å². The van der Waals surface area contributed by atoms with Crippen LogP contribution >= 0.6 is 0 Å². The third-order valence-corrected chi connectivity index (χ3v) is 3.03. The maximum atomic E-state index is 12.9. The summed E-state index contributed by atoms with van der Waals surface area (Å²) in [4.78, 5) is 4.43. The Bertz CT molecular complexity index is 622. The van der Waals surface area contributed by atoms with Crippen molar-refractivity contribution in [3.05, 3.63) is 35.8 Å². The molecule has 1 aliphatic rings. The summed E-state index contributed by atoms with van der Waals surface area (Å²) in [6.45, 7) is 1.66. The molecule has 0 fully saturated rings. The van der Waals surface area contributed by atoms with Gasteiger partial charge in [0, 0.05) is 18.7 Å². The van der Waals surface area contributed by atoms with Gasteiger partial charge in [-0.2, -0.15) is 5.26 Å². The van der Waals surface area contributed by atoms with Crippen LogP contribution in [-0.2, 0) is 6.54 Å². The van der Waals surface area contributed by atoms with Crippen LogP contribution in [0.5, 0.6) is 0 Å². The third kappa shape index (κ3) is 1.63. The quantitative estimate of drug-likeness (QED) is 0.835. The maximum Gasteiger partial charge on any atom is 0.204 e. The van der Waals surface area contributed by atoms with Gasteiger partial charge in [-0.1, -0.05) is 0 Å². The number of nitrogens with zero attached hydrogens (tertiary/aromatic N) is 3. The normalized spacial score (nSPS) is 13.6. The first-order valence-electron chi connectivity index (χ1n) is 5.80. The Morgan fingerprint density at radius 3 is 2.83 bits per heavy atom. The number of rotatable bonds is 1. The maximum absolute atomic E-state index is 12.9. The third-order valence-electron chi connectivity index (χ3n) is 3.03. The molecule has 0 aliphatic carbocycles.